The molecule has 1 heterocycles. The number of aromatic amines is 1. The van der Waals surface area contributed by atoms with E-state index in [-0.39, 0.29) is 16.6 Å². The molecule has 0 amide bonds. The van der Waals surface area contributed by atoms with E-state index in [1.807, 2.05) is 13.0 Å². The number of hydrogen-bond donors (Lipinski definition) is 2. The van der Waals surface area contributed by atoms with E-state index in [0.29, 0.717) is 41.8 Å². The molecule has 0 saturated carbocycles. The number of nitrogens with one attached hydrogen (secondary N) is 1. The van der Waals surface area contributed by atoms with Gasteiger partial charge in [0.1, 0.15) is 28.8 Å². The van der Waals surface area contributed by atoms with Gasteiger partial charge in [-0.1, -0.05) is 31.3 Å². The van der Waals surface area contributed by atoms with Gasteiger partial charge in [-0.15, -0.1) is 0 Å². The second kappa shape index (κ2) is 13.3. The molecule has 0 unspecified atom stereocenters. The Bertz CT molecular complexity index is 1260. The molecule has 36 heavy (non-hydrogen) atoms. The van der Waals surface area contributed by atoms with Gasteiger partial charge in [0, 0.05) is 6.42 Å². The van der Waals surface area contributed by atoms with Gasteiger partial charge in [-0.2, -0.15) is 0 Å². The van der Waals surface area contributed by atoms with Crippen LogP contribution in [0.4, 0.5) is 4.39 Å². The van der Waals surface area contributed by atoms with Crippen molar-refractivity contribution in [1.82, 2.24) is 4.98 Å². The standard InChI is InChI=1S/C28H30FNO5S/c1-4-6-19(2)25(16-7-20(3)35-24-14-10-22(29)11-15-24)34-18-5-17-33-23-12-8-21(9-13-23)26-27(31)30-28(32)36-26/h7-16,31H,3-6,17-18H2,1-2H3,(H,30,32). The first-order valence-electron chi connectivity index (χ1n) is 11.6. The molecule has 2 aromatic carbocycles. The van der Waals surface area contributed by atoms with E-state index >= 15 is 0 Å². The number of benzene rings is 2. The van der Waals surface area contributed by atoms with Crippen LogP contribution in [-0.4, -0.2) is 23.3 Å². The normalized spacial score (nSPS) is 11.9. The van der Waals surface area contributed by atoms with Gasteiger partial charge >= 0.3 is 4.87 Å². The Morgan fingerprint density at radius 2 is 1.78 bits per heavy atom. The summed E-state index contributed by atoms with van der Waals surface area (Å²) in [5.74, 6) is 1.92. The average Bonchev–Trinajstić information content (AvgIpc) is 3.20. The van der Waals surface area contributed by atoms with Crippen LogP contribution in [-0.2, 0) is 4.74 Å². The maximum atomic E-state index is 13.1. The second-order valence-corrected chi connectivity index (χ2v) is 9.00. The third kappa shape index (κ3) is 8.16. The van der Waals surface area contributed by atoms with Crippen molar-refractivity contribution in [3.05, 3.63) is 99.8 Å². The van der Waals surface area contributed by atoms with Crippen LogP contribution in [0.1, 0.15) is 33.1 Å². The van der Waals surface area contributed by atoms with Gasteiger partial charge in [0.2, 0.25) is 5.88 Å². The van der Waals surface area contributed by atoms with Crippen molar-refractivity contribution in [1.29, 1.82) is 0 Å². The molecular weight excluding hydrogens is 481 g/mol. The summed E-state index contributed by atoms with van der Waals surface area (Å²) >= 11 is 0.957. The summed E-state index contributed by atoms with van der Waals surface area (Å²) in [5.41, 5.74) is 1.86. The number of aromatic nitrogens is 1. The molecule has 2 N–H and O–H groups in total. The molecule has 0 spiro atoms. The van der Waals surface area contributed by atoms with Crippen LogP contribution >= 0.6 is 11.3 Å². The van der Waals surface area contributed by atoms with Gasteiger partial charge in [0.05, 0.1) is 18.1 Å². The number of rotatable bonds is 13. The number of aromatic hydroxyl groups is 1. The molecule has 0 aliphatic carbocycles. The van der Waals surface area contributed by atoms with Gasteiger partial charge in [-0.05, 0) is 85.2 Å². The van der Waals surface area contributed by atoms with Crippen molar-refractivity contribution in [2.75, 3.05) is 13.2 Å². The number of halogens is 1. The maximum Gasteiger partial charge on any atom is 0.307 e. The first kappa shape index (κ1) is 26.8. The quantitative estimate of drug-likeness (QED) is 0.147. The monoisotopic (exact) mass is 511 g/mol. The molecule has 0 saturated heterocycles. The molecule has 6 nitrogen and oxygen atoms in total. The van der Waals surface area contributed by atoms with Gasteiger partial charge in [-0.3, -0.25) is 9.78 Å². The maximum absolute atomic E-state index is 13.1. The SMILES string of the molecule is C=C(C=CC(OCCCOc1ccc(-c2sc(=O)[nH]c2O)cc1)=C(C)CCC)Oc1ccc(F)cc1. The van der Waals surface area contributed by atoms with E-state index in [1.54, 1.807) is 42.5 Å². The number of thiazole rings is 1. The molecule has 0 bridgehead atoms. The summed E-state index contributed by atoms with van der Waals surface area (Å²) in [5, 5.41) is 9.79. The third-order valence-electron chi connectivity index (χ3n) is 5.09. The van der Waals surface area contributed by atoms with Crippen molar-refractivity contribution >= 4 is 11.3 Å². The summed E-state index contributed by atoms with van der Waals surface area (Å²) in [4.78, 5) is 13.9. The van der Waals surface area contributed by atoms with E-state index in [0.717, 1.165) is 41.1 Å². The predicted molar refractivity (Wildman–Crippen MR) is 141 cm³/mol. The van der Waals surface area contributed by atoms with Crippen LogP contribution in [0.15, 0.2) is 89.1 Å². The highest BCUT2D eigenvalue weighted by Gasteiger charge is 2.09. The van der Waals surface area contributed by atoms with Crippen molar-refractivity contribution in [3.63, 3.8) is 0 Å². The number of H-pyrrole nitrogens is 1. The minimum absolute atomic E-state index is 0.127. The molecule has 0 fully saturated rings. The summed E-state index contributed by atoms with van der Waals surface area (Å²) in [6.45, 7) is 8.97. The van der Waals surface area contributed by atoms with Gasteiger partial charge in [0.25, 0.3) is 0 Å². The van der Waals surface area contributed by atoms with E-state index in [4.69, 9.17) is 14.2 Å². The first-order chi connectivity index (χ1) is 17.4. The lowest BCUT2D eigenvalue weighted by atomic mass is 10.1. The van der Waals surface area contributed by atoms with Crippen molar-refractivity contribution in [2.24, 2.45) is 0 Å². The van der Waals surface area contributed by atoms with E-state index < -0.39 is 0 Å². The largest absolute Gasteiger partial charge is 0.494 e. The van der Waals surface area contributed by atoms with Crippen LogP contribution in [0.2, 0.25) is 0 Å². The molecular formula is C28H30FNO5S. The minimum atomic E-state index is -0.324. The Morgan fingerprint density at radius 3 is 2.42 bits per heavy atom. The van der Waals surface area contributed by atoms with Gasteiger partial charge in [-0.25, -0.2) is 4.39 Å². The number of ether oxygens (including phenoxy) is 3. The zero-order chi connectivity index (χ0) is 25.9. The predicted octanol–water partition coefficient (Wildman–Crippen LogP) is 6.96. The Hall–Kier alpha value is -3.78. The van der Waals surface area contributed by atoms with Crippen molar-refractivity contribution in [3.8, 4) is 27.8 Å². The lowest BCUT2D eigenvalue weighted by molar-refractivity contribution is 0.188. The molecule has 0 radical (unpaired) electrons. The van der Waals surface area contributed by atoms with Gasteiger partial charge in [0.15, 0.2) is 0 Å². The Balaban J connectivity index is 1.48. The second-order valence-electron chi connectivity index (χ2n) is 8.02. The fourth-order valence-corrected chi connectivity index (χ4v) is 4.05. The molecule has 3 aromatic rings. The average molecular weight is 512 g/mol. The smallest absolute Gasteiger partial charge is 0.307 e. The third-order valence-corrected chi connectivity index (χ3v) is 6.01. The van der Waals surface area contributed by atoms with Crippen molar-refractivity contribution < 1.29 is 23.7 Å². The molecule has 0 aliphatic heterocycles. The Kier molecular flexibility index (Phi) is 9.94. The van der Waals surface area contributed by atoms with Crippen molar-refractivity contribution in [2.45, 2.75) is 33.1 Å². The molecule has 3 rings (SSSR count). The highest BCUT2D eigenvalue weighted by atomic mass is 32.1. The lowest BCUT2D eigenvalue weighted by Crippen LogP contribution is -2.04. The van der Waals surface area contributed by atoms with Crippen LogP contribution < -0.4 is 14.3 Å². The lowest BCUT2D eigenvalue weighted by Gasteiger charge is -2.12. The van der Waals surface area contributed by atoms with E-state index in [1.165, 1.54) is 12.1 Å². The molecule has 1 aromatic heterocycles. The van der Waals surface area contributed by atoms with Crippen LogP contribution in [0, 0.1) is 5.82 Å². The summed E-state index contributed by atoms with van der Waals surface area (Å²) in [6, 6.07) is 12.9. The first-order valence-corrected chi connectivity index (χ1v) is 12.5. The minimum Gasteiger partial charge on any atom is -0.494 e. The van der Waals surface area contributed by atoms with E-state index in [2.05, 4.69) is 18.5 Å². The van der Waals surface area contributed by atoms with E-state index in [9.17, 15) is 14.3 Å². The number of allylic oxidation sites excluding steroid dienone is 3. The zero-order valence-electron chi connectivity index (χ0n) is 20.4. The van der Waals surface area contributed by atoms with Crippen LogP contribution in [0.25, 0.3) is 10.4 Å². The topological polar surface area (TPSA) is 80.8 Å². The summed E-state index contributed by atoms with van der Waals surface area (Å²) < 4.78 is 30.5. The Labute approximate surface area is 214 Å². The van der Waals surface area contributed by atoms with Crippen LogP contribution in [0.5, 0.6) is 17.4 Å². The van der Waals surface area contributed by atoms with Gasteiger partial charge < -0.3 is 19.3 Å². The molecule has 0 aliphatic rings. The number of hydrogen-bond acceptors (Lipinski definition) is 6. The summed E-state index contributed by atoms with van der Waals surface area (Å²) in [7, 11) is 0. The molecule has 8 heteroatoms. The summed E-state index contributed by atoms with van der Waals surface area (Å²) in [6.07, 6.45) is 6.14. The molecule has 190 valence electrons. The Morgan fingerprint density at radius 1 is 1.08 bits per heavy atom. The highest BCUT2D eigenvalue weighted by Crippen LogP contribution is 2.31. The highest BCUT2D eigenvalue weighted by molar-refractivity contribution is 7.13. The fraction of sp³-hybridized carbons (Fsp3) is 0.250. The zero-order valence-corrected chi connectivity index (χ0v) is 21.2. The fourth-order valence-electron chi connectivity index (χ4n) is 3.32. The molecule has 0 atom stereocenters. The van der Waals surface area contributed by atoms with Crippen LogP contribution in [0.3, 0.4) is 0 Å².